The van der Waals surface area contributed by atoms with Gasteiger partial charge in [0.05, 0.1) is 0 Å². The van der Waals surface area contributed by atoms with E-state index in [0.29, 0.717) is 0 Å². The summed E-state index contributed by atoms with van der Waals surface area (Å²) in [6.45, 7) is 1.93. The minimum atomic E-state index is 0.222. The van der Waals surface area contributed by atoms with Crippen molar-refractivity contribution in [2.75, 3.05) is 13.1 Å². The van der Waals surface area contributed by atoms with E-state index < -0.39 is 0 Å². The second-order valence-electron chi connectivity index (χ2n) is 3.73. The van der Waals surface area contributed by atoms with Crippen molar-refractivity contribution in [1.82, 2.24) is 4.90 Å². The van der Waals surface area contributed by atoms with E-state index in [1.807, 2.05) is 4.90 Å². The van der Waals surface area contributed by atoms with Gasteiger partial charge >= 0.3 is 0 Å². The quantitative estimate of drug-likeness (QED) is 0.569. The largest absolute Gasteiger partial charge is 0.339 e. The first kappa shape index (κ1) is 7.84. The lowest BCUT2D eigenvalue weighted by Crippen LogP contribution is -2.25. The van der Waals surface area contributed by atoms with Gasteiger partial charge in [0.1, 0.15) is 0 Å². The van der Waals surface area contributed by atoms with Crippen LogP contribution in [0.5, 0.6) is 0 Å². The highest BCUT2D eigenvalue weighted by Crippen LogP contribution is 2.30. The van der Waals surface area contributed by atoms with Gasteiger partial charge in [0.25, 0.3) is 0 Å². The lowest BCUT2D eigenvalue weighted by Gasteiger charge is -2.11. The summed E-state index contributed by atoms with van der Waals surface area (Å²) in [6, 6.07) is 0. The number of hydrogen-bond donors (Lipinski definition) is 0. The van der Waals surface area contributed by atoms with Gasteiger partial charge in [0, 0.05) is 13.1 Å². The van der Waals surface area contributed by atoms with Crippen LogP contribution in [0.25, 0.3) is 0 Å². The molecule has 0 aromatic rings. The minimum absolute atomic E-state index is 0.222. The van der Waals surface area contributed by atoms with Crippen LogP contribution in [0.2, 0.25) is 0 Å². The monoisotopic (exact) mass is 165 g/mol. The van der Waals surface area contributed by atoms with Gasteiger partial charge in [-0.2, -0.15) is 0 Å². The van der Waals surface area contributed by atoms with Gasteiger partial charge in [-0.25, -0.2) is 0 Å². The summed E-state index contributed by atoms with van der Waals surface area (Å²) in [4.78, 5) is 13.4. The van der Waals surface area contributed by atoms with Crippen LogP contribution in [-0.2, 0) is 4.79 Å². The molecular formula is C10H15NO. The third-order valence-corrected chi connectivity index (χ3v) is 2.55. The Labute approximate surface area is 73.2 Å². The van der Waals surface area contributed by atoms with Crippen LogP contribution in [-0.4, -0.2) is 23.9 Å². The maximum absolute atomic E-state index is 11.4. The van der Waals surface area contributed by atoms with E-state index in [4.69, 9.17) is 0 Å². The van der Waals surface area contributed by atoms with E-state index in [1.165, 1.54) is 25.7 Å². The summed E-state index contributed by atoms with van der Waals surface area (Å²) in [7, 11) is 0. The van der Waals surface area contributed by atoms with Crippen LogP contribution in [0, 0.1) is 5.92 Å². The predicted octanol–water partition coefficient (Wildman–Crippen LogP) is 1.57. The smallest absolute Gasteiger partial charge is 0.246 e. The lowest BCUT2D eigenvalue weighted by atomic mass is 10.3. The first-order valence-electron chi connectivity index (χ1n) is 4.83. The number of likely N-dealkylation sites (tertiary alicyclic amines) is 1. The Morgan fingerprint density at radius 3 is 2.50 bits per heavy atom. The van der Waals surface area contributed by atoms with Crippen LogP contribution in [0.15, 0.2) is 12.2 Å². The summed E-state index contributed by atoms with van der Waals surface area (Å²) in [6.07, 6.45) is 8.77. The summed E-state index contributed by atoms with van der Waals surface area (Å²) in [5, 5.41) is 0. The van der Waals surface area contributed by atoms with Crippen molar-refractivity contribution >= 4 is 5.91 Å². The van der Waals surface area contributed by atoms with Crippen LogP contribution in [0.1, 0.15) is 25.7 Å². The summed E-state index contributed by atoms with van der Waals surface area (Å²) >= 11 is 0. The number of amides is 1. The molecule has 2 fully saturated rings. The van der Waals surface area contributed by atoms with E-state index in [1.54, 1.807) is 6.08 Å². The molecule has 2 aliphatic rings. The molecule has 0 atom stereocenters. The molecule has 0 spiro atoms. The van der Waals surface area contributed by atoms with E-state index in [9.17, 15) is 4.79 Å². The zero-order valence-corrected chi connectivity index (χ0v) is 7.33. The molecule has 1 aliphatic heterocycles. The molecule has 2 rings (SSSR count). The van der Waals surface area contributed by atoms with Crippen molar-refractivity contribution in [3.8, 4) is 0 Å². The number of allylic oxidation sites excluding steroid dienone is 1. The molecule has 12 heavy (non-hydrogen) atoms. The molecule has 1 saturated carbocycles. The first-order valence-corrected chi connectivity index (χ1v) is 4.83. The minimum Gasteiger partial charge on any atom is -0.339 e. The lowest BCUT2D eigenvalue weighted by molar-refractivity contribution is -0.125. The Morgan fingerprint density at radius 1 is 1.25 bits per heavy atom. The highest BCUT2D eigenvalue weighted by Gasteiger charge is 2.19. The molecule has 1 aliphatic carbocycles. The Hall–Kier alpha value is -0.790. The Kier molecular flexibility index (Phi) is 2.15. The number of nitrogens with zero attached hydrogens (tertiary/aromatic N) is 1. The molecule has 0 radical (unpaired) electrons. The average molecular weight is 165 g/mol. The fourth-order valence-electron chi connectivity index (χ4n) is 1.55. The SMILES string of the molecule is O=C(/C=C/C1CC1)N1CCCC1. The van der Waals surface area contributed by atoms with Crippen molar-refractivity contribution < 1.29 is 4.79 Å². The number of rotatable bonds is 2. The van der Waals surface area contributed by atoms with E-state index in [0.717, 1.165) is 19.0 Å². The van der Waals surface area contributed by atoms with Gasteiger partial charge in [0.2, 0.25) is 5.91 Å². The summed E-state index contributed by atoms with van der Waals surface area (Å²) in [5.74, 6) is 0.941. The normalized spacial score (nSPS) is 23.8. The fraction of sp³-hybridized carbons (Fsp3) is 0.700. The Bertz CT molecular complexity index is 200. The molecular weight excluding hydrogens is 150 g/mol. The molecule has 2 heteroatoms. The molecule has 66 valence electrons. The van der Waals surface area contributed by atoms with Crippen molar-refractivity contribution in [2.24, 2.45) is 5.92 Å². The Balaban J connectivity index is 1.81. The second kappa shape index (κ2) is 3.30. The average Bonchev–Trinajstić information content (AvgIpc) is 2.74. The van der Waals surface area contributed by atoms with E-state index in [-0.39, 0.29) is 5.91 Å². The first-order chi connectivity index (χ1) is 5.86. The van der Waals surface area contributed by atoms with Crippen molar-refractivity contribution in [3.63, 3.8) is 0 Å². The molecule has 2 nitrogen and oxygen atoms in total. The van der Waals surface area contributed by atoms with Crippen molar-refractivity contribution in [2.45, 2.75) is 25.7 Å². The molecule has 0 aromatic heterocycles. The molecule has 0 unspecified atom stereocenters. The molecule has 0 N–H and O–H groups in total. The number of hydrogen-bond acceptors (Lipinski definition) is 1. The molecule has 0 bridgehead atoms. The van der Waals surface area contributed by atoms with Gasteiger partial charge < -0.3 is 4.90 Å². The molecule has 1 heterocycles. The van der Waals surface area contributed by atoms with Crippen LogP contribution in [0.3, 0.4) is 0 Å². The van der Waals surface area contributed by atoms with Gasteiger partial charge in [-0.3, -0.25) is 4.79 Å². The Morgan fingerprint density at radius 2 is 1.92 bits per heavy atom. The number of carbonyl (C=O) groups is 1. The zero-order chi connectivity index (χ0) is 8.39. The van der Waals surface area contributed by atoms with Gasteiger partial charge in [-0.05, 0) is 37.7 Å². The molecule has 1 amide bonds. The zero-order valence-electron chi connectivity index (χ0n) is 7.33. The maximum atomic E-state index is 11.4. The van der Waals surface area contributed by atoms with Crippen molar-refractivity contribution in [3.05, 3.63) is 12.2 Å². The highest BCUT2D eigenvalue weighted by molar-refractivity contribution is 5.87. The van der Waals surface area contributed by atoms with Crippen LogP contribution >= 0.6 is 0 Å². The van der Waals surface area contributed by atoms with Crippen molar-refractivity contribution in [1.29, 1.82) is 0 Å². The third-order valence-electron chi connectivity index (χ3n) is 2.55. The van der Waals surface area contributed by atoms with Crippen LogP contribution in [0.4, 0.5) is 0 Å². The van der Waals surface area contributed by atoms with Gasteiger partial charge in [-0.15, -0.1) is 0 Å². The summed E-state index contributed by atoms with van der Waals surface area (Å²) < 4.78 is 0. The van der Waals surface area contributed by atoms with Gasteiger partial charge in [-0.1, -0.05) is 6.08 Å². The summed E-state index contributed by atoms with van der Waals surface area (Å²) in [5.41, 5.74) is 0. The molecule has 0 aromatic carbocycles. The number of carbonyl (C=O) groups excluding carboxylic acids is 1. The molecule has 1 saturated heterocycles. The third kappa shape index (κ3) is 1.87. The van der Waals surface area contributed by atoms with E-state index in [2.05, 4.69) is 6.08 Å². The second-order valence-corrected chi connectivity index (χ2v) is 3.73. The maximum Gasteiger partial charge on any atom is 0.246 e. The standard InChI is InChI=1S/C10H15NO/c12-10(6-5-9-3-4-9)11-7-1-2-8-11/h5-6,9H,1-4,7-8H2/b6-5+. The van der Waals surface area contributed by atoms with Crippen LogP contribution < -0.4 is 0 Å². The predicted molar refractivity (Wildman–Crippen MR) is 47.7 cm³/mol. The van der Waals surface area contributed by atoms with E-state index >= 15 is 0 Å². The topological polar surface area (TPSA) is 20.3 Å². The highest BCUT2D eigenvalue weighted by atomic mass is 16.2. The van der Waals surface area contributed by atoms with Gasteiger partial charge in [0.15, 0.2) is 0 Å². The fourth-order valence-corrected chi connectivity index (χ4v) is 1.55.